The molecular formula is C19H18N6O2. The molecule has 0 aliphatic heterocycles. The fourth-order valence-corrected chi connectivity index (χ4v) is 2.85. The van der Waals surface area contributed by atoms with Crippen LogP contribution in [-0.4, -0.2) is 38.6 Å². The lowest BCUT2D eigenvalue weighted by Crippen LogP contribution is -1.99. The van der Waals surface area contributed by atoms with Gasteiger partial charge in [-0.1, -0.05) is 19.1 Å². The van der Waals surface area contributed by atoms with Crippen LogP contribution in [0, 0.1) is 0 Å². The Labute approximate surface area is 154 Å². The van der Waals surface area contributed by atoms with Crippen molar-refractivity contribution < 1.29 is 9.84 Å². The van der Waals surface area contributed by atoms with E-state index in [0.717, 1.165) is 22.8 Å². The standard InChI is InChI=1S/C19H18N6O2/c1-3-11-7-8-14-13(9-11)16-18(21-14)22-19(25-23-16)24-20-10-12-5-4-6-15(27-2)17(12)26/h4-10,26H,3H2,1-2H3,(H2,21,22,24,25)/b20-10+. The molecule has 0 atom stereocenters. The van der Waals surface area contributed by atoms with E-state index < -0.39 is 0 Å². The SMILES string of the molecule is CCc1ccc2[nH]c3nc(N/N=C/c4cccc(OC)c4O)nnc3c2c1. The second-order valence-corrected chi connectivity index (χ2v) is 5.96. The van der Waals surface area contributed by atoms with Crippen LogP contribution in [0.25, 0.3) is 22.1 Å². The predicted octanol–water partition coefficient (Wildman–Crippen LogP) is 3.23. The molecule has 4 aromatic rings. The summed E-state index contributed by atoms with van der Waals surface area (Å²) in [5.41, 5.74) is 6.79. The van der Waals surface area contributed by atoms with E-state index in [1.54, 1.807) is 18.2 Å². The Morgan fingerprint density at radius 2 is 2.15 bits per heavy atom. The summed E-state index contributed by atoms with van der Waals surface area (Å²) in [7, 11) is 1.49. The second-order valence-electron chi connectivity index (χ2n) is 5.96. The van der Waals surface area contributed by atoms with Gasteiger partial charge in [0.25, 0.3) is 5.95 Å². The van der Waals surface area contributed by atoms with Gasteiger partial charge in [-0.3, -0.25) is 0 Å². The van der Waals surface area contributed by atoms with Gasteiger partial charge in [-0.25, -0.2) is 5.43 Å². The van der Waals surface area contributed by atoms with Crippen molar-refractivity contribution in [2.45, 2.75) is 13.3 Å². The lowest BCUT2D eigenvalue weighted by molar-refractivity contribution is 0.373. The molecule has 0 aliphatic rings. The third-order valence-corrected chi connectivity index (χ3v) is 4.31. The van der Waals surface area contributed by atoms with E-state index in [0.29, 0.717) is 17.0 Å². The van der Waals surface area contributed by atoms with Crippen molar-refractivity contribution in [1.29, 1.82) is 0 Å². The number of phenols is 1. The Bertz CT molecular complexity index is 1150. The number of ether oxygens (including phenoxy) is 1. The van der Waals surface area contributed by atoms with Crippen LogP contribution in [0.2, 0.25) is 0 Å². The Hall–Kier alpha value is -3.68. The second kappa shape index (κ2) is 6.91. The summed E-state index contributed by atoms with van der Waals surface area (Å²) in [5, 5.41) is 23.5. The molecule has 8 heteroatoms. The van der Waals surface area contributed by atoms with Crippen LogP contribution in [0.15, 0.2) is 41.5 Å². The van der Waals surface area contributed by atoms with E-state index in [4.69, 9.17) is 4.74 Å². The Morgan fingerprint density at radius 1 is 1.26 bits per heavy atom. The van der Waals surface area contributed by atoms with Crippen molar-refractivity contribution >= 4 is 34.2 Å². The minimum atomic E-state index is 0.0161. The average Bonchev–Trinajstić information content (AvgIpc) is 3.06. The van der Waals surface area contributed by atoms with Crippen molar-refractivity contribution in [3.8, 4) is 11.5 Å². The monoisotopic (exact) mass is 362 g/mol. The van der Waals surface area contributed by atoms with Gasteiger partial charge >= 0.3 is 0 Å². The lowest BCUT2D eigenvalue weighted by Gasteiger charge is -2.04. The molecule has 2 aromatic carbocycles. The third-order valence-electron chi connectivity index (χ3n) is 4.31. The highest BCUT2D eigenvalue weighted by Crippen LogP contribution is 2.28. The number of nitrogens with one attached hydrogen (secondary N) is 2. The van der Waals surface area contributed by atoms with Gasteiger partial charge in [0, 0.05) is 16.5 Å². The van der Waals surface area contributed by atoms with E-state index in [1.165, 1.54) is 18.9 Å². The molecule has 0 fully saturated rings. The molecule has 0 amide bonds. The van der Waals surface area contributed by atoms with Crippen LogP contribution in [0.5, 0.6) is 11.5 Å². The van der Waals surface area contributed by atoms with Crippen LogP contribution < -0.4 is 10.2 Å². The third kappa shape index (κ3) is 3.12. The number of hydrazone groups is 1. The van der Waals surface area contributed by atoms with Crippen molar-refractivity contribution in [3.63, 3.8) is 0 Å². The number of fused-ring (bicyclic) bond motifs is 3. The average molecular weight is 362 g/mol. The molecule has 8 nitrogen and oxygen atoms in total. The zero-order chi connectivity index (χ0) is 18.8. The van der Waals surface area contributed by atoms with Crippen LogP contribution in [0.3, 0.4) is 0 Å². The molecule has 27 heavy (non-hydrogen) atoms. The molecule has 0 saturated heterocycles. The number of para-hydroxylation sites is 1. The summed E-state index contributed by atoms with van der Waals surface area (Å²) in [5.74, 6) is 0.647. The van der Waals surface area contributed by atoms with Crippen LogP contribution in [-0.2, 0) is 6.42 Å². The zero-order valence-electron chi connectivity index (χ0n) is 14.9. The minimum Gasteiger partial charge on any atom is -0.504 e. The highest BCUT2D eigenvalue weighted by Gasteiger charge is 2.09. The first kappa shape index (κ1) is 16.8. The fourth-order valence-electron chi connectivity index (χ4n) is 2.85. The molecule has 136 valence electrons. The number of hydrogen-bond donors (Lipinski definition) is 3. The number of rotatable bonds is 5. The highest BCUT2D eigenvalue weighted by molar-refractivity contribution is 6.03. The van der Waals surface area contributed by atoms with E-state index in [2.05, 4.69) is 49.7 Å². The molecule has 4 rings (SSSR count). The number of aryl methyl sites for hydroxylation is 1. The summed E-state index contributed by atoms with van der Waals surface area (Å²) in [4.78, 5) is 7.65. The predicted molar refractivity (Wildman–Crippen MR) is 104 cm³/mol. The Balaban J connectivity index is 1.60. The van der Waals surface area contributed by atoms with Gasteiger partial charge in [0.05, 0.1) is 13.3 Å². The largest absolute Gasteiger partial charge is 0.504 e. The molecule has 2 aromatic heterocycles. The van der Waals surface area contributed by atoms with Gasteiger partial charge in [-0.2, -0.15) is 10.1 Å². The Morgan fingerprint density at radius 3 is 2.96 bits per heavy atom. The molecule has 2 heterocycles. The minimum absolute atomic E-state index is 0.0161. The van der Waals surface area contributed by atoms with Gasteiger partial charge in [0.2, 0.25) is 0 Å². The number of anilines is 1. The number of aromatic nitrogens is 4. The summed E-state index contributed by atoms with van der Waals surface area (Å²) in [6, 6.07) is 11.3. The maximum atomic E-state index is 10.1. The fraction of sp³-hybridized carbons (Fsp3) is 0.158. The quantitative estimate of drug-likeness (QED) is 0.371. The first-order valence-electron chi connectivity index (χ1n) is 8.49. The van der Waals surface area contributed by atoms with Crippen molar-refractivity contribution in [1.82, 2.24) is 20.2 Å². The molecule has 0 bridgehead atoms. The maximum absolute atomic E-state index is 10.1. The van der Waals surface area contributed by atoms with Crippen LogP contribution >= 0.6 is 0 Å². The normalized spacial score (nSPS) is 11.5. The molecule has 0 aliphatic carbocycles. The van der Waals surface area contributed by atoms with Gasteiger partial charge in [-0.15, -0.1) is 10.2 Å². The summed E-state index contributed by atoms with van der Waals surface area (Å²) >= 11 is 0. The highest BCUT2D eigenvalue weighted by atomic mass is 16.5. The number of H-pyrrole nitrogens is 1. The van der Waals surface area contributed by atoms with E-state index in [1.807, 2.05) is 6.07 Å². The molecule has 0 unspecified atom stereocenters. The van der Waals surface area contributed by atoms with Crippen LogP contribution in [0.4, 0.5) is 5.95 Å². The summed E-state index contributed by atoms with van der Waals surface area (Å²) in [6.45, 7) is 2.11. The zero-order valence-corrected chi connectivity index (χ0v) is 14.9. The van der Waals surface area contributed by atoms with Gasteiger partial charge in [-0.05, 0) is 36.2 Å². The number of hydrogen-bond acceptors (Lipinski definition) is 7. The summed E-state index contributed by atoms with van der Waals surface area (Å²) in [6.07, 6.45) is 2.42. The van der Waals surface area contributed by atoms with Crippen molar-refractivity contribution in [2.24, 2.45) is 5.10 Å². The molecule has 3 N–H and O–H groups in total. The first-order chi connectivity index (χ1) is 13.2. The van der Waals surface area contributed by atoms with E-state index in [-0.39, 0.29) is 11.7 Å². The van der Waals surface area contributed by atoms with Gasteiger partial charge in [0.15, 0.2) is 17.1 Å². The number of aromatic hydroxyl groups is 1. The number of aromatic amines is 1. The molecule has 0 radical (unpaired) electrons. The lowest BCUT2D eigenvalue weighted by atomic mass is 10.1. The topological polar surface area (TPSA) is 108 Å². The molecule has 0 saturated carbocycles. The van der Waals surface area contributed by atoms with Crippen molar-refractivity contribution in [3.05, 3.63) is 47.5 Å². The number of benzene rings is 2. The smallest absolute Gasteiger partial charge is 0.265 e. The van der Waals surface area contributed by atoms with Gasteiger partial charge < -0.3 is 14.8 Å². The molecular weight excluding hydrogens is 344 g/mol. The number of nitrogens with zero attached hydrogens (tertiary/aromatic N) is 4. The Kier molecular flexibility index (Phi) is 4.29. The summed E-state index contributed by atoms with van der Waals surface area (Å²) < 4.78 is 5.07. The van der Waals surface area contributed by atoms with Gasteiger partial charge in [0.1, 0.15) is 5.52 Å². The number of phenolic OH excluding ortho intramolecular Hbond substituents is 1. The van der Waals surface area contributed by atoms with E-state index >= 15 is 0 Å². The van der Waals surface area contributed by atoms with Crippen molar-refractivity contribution in [2.75, 3.05) is 12.5 Å². The maximum Gasteiger partial charge on any atom is 0.265 e. The number of methoxy groups -OCH3 is 1. The first-order valence-corrected chi connectivity index (χ1v) is 8.49. The molecule has 0 spiro atoms. The van der Waals surface area contributed by atoms with Crippen LogP contribution in [0.1, 0.15) is 18.1 Å². The van der Waals surface area contributed by atoms with E-state index in [9.17, 15) is 5.11 Å².